The number of carbonyl (C=O) groups is 4. The van der Waals surface area contributed by atoms with Crippen molar-refractivity contribution < 1.29 is 23.9 Å². The quantitative estimate of drug-likeness (QED) is 0.294. The minimum atomic E-state index is -0.637. The predicted octanol–water partition coefficient (Wildman–Crippen LogP) is 5.50. The molecular formula is C29H26ClN3O5. The van der Waals surface area contributed by atoms with Crippen LogP contribution in [0.1, 0.15) is 47.1 Å². The Hall–Kier alpha value is -4.43. The molecule has 1 aliphatic rings. The normalized spacial score (nSPS) is 13.2. The van der Waals surface area contributed by atoms with Crippen molar-refractivity contribution in [2.75, 3.05) is 15.5 Å². The van der Waals surface area contributed by atoms with Crippen LogP contribution in [-0.2, 0) is 20.7 Å². The largest absolute Gasteiger partial charge is 0.459 e. The highest BCUT2D eigenvalue weighted by molar-refractivity contribution is 6.53. The Bertz CT molecular complexity index is 1450. The van der Waals surface area contributed by atoms with Crippen LogP contribution in [0.15, 0.2) is 83.5 Å². The monoisotopic (exact) mass is 531 g/mol. The molecule has 1 aliphatic heterocycles. The number of halogens is 1. The number of esters is 1. The van der Waals surface area contributed by atoms with Crippen molar-refractivity contribution in [3.05, 3.63) is 100 Å². The van der Waals surface area contributed by atoms with Gasteiger partial charge in [0.15, 0.2) is 0 Å². The van der Waals surface area contributed by atoms with Crippen molar-refractivity contribution in [3.8, 4) is 0 Å². The fourth-order valence-corrected chi connectivity index (χ4v) is 4.06. The van der Waals surface area contributed by atoms with Gasteiger partial charge in [0, 0.05) is 11.3 Å². The SMILES string of the molecule is CCc1ccc(N2C(=O)C(Cl)=C(Nc3cccc(C(=O)Nc4ccccc4C(=O)OC(C)C)c3)C2=O)cc1. The van der Waals surface area contributed by atoms with E-state index >= 15 is 0 Å². The molecular weight excluding hydrogens is 506 g/mol. The van der Waals surface area contributed by atoms with Gasteiger partial charge in [0.2, 0.25) is 0 Å². The van der Waals surface area contributed by atoms with Crippen LogP contribution in [0.4, 0.5) is 17.1 Å². The van der Waals surface area contributed by atoms with Crippen LogP contribution in [0.25, 0.3) is 0 Å². The number of para-hydroxylation sites is 1. The first-order valence-electron chi connectivity index (χ1n) is 12.1. The molecule has 1 heterocycles. The summed E-state index contributed by atoms with van der Waals surface area (Å²) in [6.07, 6.45) is 0.512. The highest BCUT2D eigenvalue weighted by atomic mass is 35.5. The van der Waals surface area contributed by atoms with Gasteiger partial charge in [-0.3, -0.25) is 14.4 Å². The zero-order valence-corrected chi connectivity index (χ0v) is 21.8. The number of rotatable bonds is 8. The van der Waals surface area contributed by atoms with E-state index in [1.165, 1.54) is 6.07 Å². The lowest BCUT2D eigenvalue weighted by Gasteiger charge is -2.16. The standard InChI is InChI=1S/C29H26ClN3O5/c1-4-18-12-14-21(15-13-18)33-27(35)24(30)25(28(33)36)31-20-9-7-8-19(16-20)26(34)32-23-11-6-5-10-22(23)29(37)38-17(2)3/h5-17,31H,4H2,1-3H3,(H,32,34). The zero-order chi connectivity index (χ0) is 27.4. The molecule has 0 unspecified atom stereocenters. The molecule has 0 spiro atoms. The fraction of sp³-hybridized carbons (Fsp3) is 0.172. The molecule has 3 amide bonds. The maximum atomic E-state index is 13.1. The topological polar surface area (TPSA) is 105 Å². The van der Waals surface area contributed by atoms with Crippen LogP contribution in [0.5, 0.6) is 0 Å². The molecule has 4 rings (SSSR count). The van der Waals surface area contributed by atoms with Gasteiger partial charge >= 0.3 is 5.97 Å². The van der Waals surface area contributed by atoms with Crippen molar-refractivity contribution in [1.82, 2.24) is 0 Å². The molecule has 9 heteroatoms. The molecule has 0 bridgehead atoms. The van der Waals surface area contributed by atoms with E-state index in [1.54, 1.807) is 68.4 Å². The number of aryl methyl sites for hydroxylation is 1. The lowest BCUT2D eigenvalue weighted by molar-refractivity contribution is -0.120. The van der Waals surface area contributed by atoms with Gasteiger partial charge in [-0.25, -0.2) is 9.69 Å². The lowest BCUT2D eigenvalue weighted by atomic mass is 10.1. The van der Waals surface area contributed by atoms with E-state index in [9.17, 15) is 19.2 Å². The number of ether oxygens (including phenoxy) is 1. The summed E-state index contributed by atoms with van der Waals surface area (Å²) in [5.74, 6) is -2.27. The molecule has 8 nitrogen and oxygen atoms in total. The summed E-state index contributed by atoms with van der Waals surface area (Å²) in [5.41, 5.74) is 2.55. The molecule has 0 fully saturated rings. The Labute approximate surface area is 225 Å². The van der Waals surface area contributed by atoms with E-state index in [0.29, 0.717) is 17.1 Å². The van der Waals surface area contributed by atoms with Crippen molar-refractivity contribution in [2.45, 2.75) is 33.3 Å². The molecule has 0 saturated carbocycles. The van der Waals surface area contributed by atoms with Gasteiger partial charge in [0.25, 0.3) is 17.7 Å². The average Bonchev–Trinajstić information content (AvgIpc) is 3.11. The number of anilines is 3. The number of nitrogens with one attached hydrogen (secondary N) is 2. The number of nitrogens with zero attached hydrogens (tertiary/aromatic N) is 1. The third kappa shape index (κ3) is 5.60. The van der Waals surface area contributed by atoms with Gasteiger partial charge in [0.05, 0.1) is 23.0 Å². The molecule has 0 atom stereocenters. The molecule has 0 aromatic heterocycles. The Balaban J connectivity index is 1.52. The Morgan fingerprint density at radius 1 is 0.947 bits per heavy atom. The van der Waals surface area contributed by atoms with E-state index in [2.05, 4.69) is 10.6 Å². The summed E-state index contributed by atoms with van der Waals surface area (Å²) in [6.45, 7) is 5.49. The van der Waals surface area contributed by atoms with Gasteiger partial charge in [0.1, 0.15) is 10.7 Å². The molecule has 0 aliphatic carbocycles. The summed E-state index contributed by atoms with van der Waals surface area (Å²) in [4.78, 5) is 52.3. The number of hydrogen-bond acceptors (Lipinski definition) is 6. The fourth-order valence-electron chi connectivity index (χ4n) is 3.85. The summed E-state index contributed by atoms with van der Waals surface area (Å²) >= 11 is 6.25. The van der Waals surface area contributed by atoms with Gasteiger partial charge < -0.3 is 15.4 Å². The van der Waals surface area contributed by atoms with Gasteiger partial charge in [-0.05, 0) is 68.3 Å². The average molecular weight is 532 g/mol. The first-order chi connectivity index (χ1) is 18.2. The van der Waals surface area contributed by atoms with E-state index < -0.39 is 23.7 Å². The smallest absolute Gasteiger partial charge is 0.340 e. The summed E-state index contributed by atoms with van der Waals surface area (Å²) in [7, 11) is 0. The third-order valence-corrected chi connectivity index (χ3v) is 6.11. The van der Waals surface area contributed by atoms with Crippen molar-refractivity contribution >= 4 is 52.4 Å². The summed E-state index contributed by atoms with van der Waals surface area (Å²) < 4.78 is 5.26. The van der Waals surface area contributed by atoms with Crippen LogP contribution < -0.4 is 15.5 Å². The van der Waals surface area contributed by atoms with Crippen molar-refractivity contribution in [2.24, 2.45) is 0 Å². The van der Waals surface area contributed by atoms with E-state index in [0.717, 1.165) is 16.9 Å². The second-order valence-electron chi connectivity index (χ2n) is 8.81. The molecule has 38 heavy (non-hydrogen) atoms. The number of imide groups is 1. The van der Waals surface area contributed by atoms with Crippen LogP contribution in [0.3, 0.4) is 0 Å². The molecule has 2 N–H and O–H groups in total. The van der Waals surface area contributed by atoms with Crippen LogP contribution >= 0.6 is 11.6 Å². The number of amides is 3. The third-order valence-electron chi connectivity index (χ3n) is 5.76. The maximum absolute atomic E-state index is 13.1. The molecule has 0 saturated heterocycles. The van der Waals surface area contributed by atoms with Gasteiger partial charge in [-0.2, -0.15) is 0 Å². The van der Waals surface area contributed by atoms with Crippen molar-refractivity contribution in [3.63, 3.8) is 0 Å². The minimum absolute atomic E-state index is 0.0874. The summed E-state index contributed by atoms with van der Waals surface area (Å²) in [6, 6.07) is 20.0. The van der Waals surface area contributed by atoms with E-state index in [-0.39, 0.29) is 28.0 Å². The van der Waals surface area contributed by atoms with E-state index in [4.69, 9.17) is 16.3 Å². The Kier molecular flexibility index (Phi) is 7.93. The second kappa shape index (κ2) is 11.3. The molecule has 3 aromatic rings. The van der Waals surface area contributed by atoms with Crippen molar-refractivity contribution in [1.29, 1.82) is 0 Å². The van der Waals surface area contributed by atoms with Crippen LogP contribution in [0.2, 0.25) is 0 Å². The molecule has 3 aromatic carbocycles. The molecule has 0 radical (unpaired) electrons. The van der Waals surface area contributed by atoms with E-state index in [1.807, 2.05) is 19.1 Å². The van der Waals surface area contributed by atoms with Crippen LogP contribution in [0, 0.1) is 0 Å². The first-order valence-corrected chi connectivity index (χ1v) is 12.4. The lowest BCUT2D eigenvalue weighted by Crippen LogP contribution is -2.32. The van der Waals surface area contributed by atoms with Gasteiger partial charge in [-0.15, -0.1) is 0 Å². The second-order valence-corrected chi connectivity index (χ2v) is 9.19. The highest BCUT2D eigenvalue weighted by Gasteiger charge is 2.39. The predicted molar refractivity (Wildman–Crippen MR) is 146 cm³/mol. The number of hydrogen-bond donors (Lipinski definition) is 2. The highest BCUT2D eigenvalue weighted by Crippen LogP contribution is 2.30. The number of benzene rings is 3. The maximum Gasteiger partial charge on any atom is 0.340 e. The van der Waals surface area contributed by atoms with Gasteiger partial charge in [-0.1, -0.05) is 48.9 Å². The minimum Gasteiger partial charge on any atom is -0.459 e. The first kappa shape index (κ1) is 26.6. The zero-order valence-electron chi connectivity index (χ0n) is 21.1. The number of carbonyl (C=O) groups excluding carboxylic acids is 4. The Morgan fingerprint density at radius 2 is 1.66 bits per heavy atom. The molecule has 194 valence electrons. The summed E-state index contributed by atoms with van der Waals surface area (Å²) in [5, 5.41) is 5.37. The Morgan fingerprint density at radius 3 is 2.34 bits per heavy atom. The van der Waals surface area contributed by atoms with Crippen LogP contribution in [-0.4, -0.2) is 29.8 Å².